The molecule has 2 aromatic rings. The highest BCUT2D eigenvalue weighted by Gasteiger charge is 2.29. The van der Waals surface area contributed by atoms with E-state index in [1.807, 2.05) is 69.3 Å². The van der Waals surface area contributed by atoms with Gasteiger partial charge in [0.1, 0.15) is 5.71 Å². The minimum Gasteiger partial charge on any atom is -0.307 e. The molecular formula is C21H23N3O2. The average Bonchev–Trinajstić information content (AvgIpc) is 2.66. The van der Waals surface area contributed by atoms with Crippen molar-refractivity contribution in [2.45, 2.75) is 33.6 Å². The van der Waals surface area contributed by atoms with Gasteiger partial charge in [-0.1, -0.05) is 30.3 Å². The van der Waals surface area contributed by atoms with Crippen LogP contribution in [0.4, 0.5) is 11.4 Å². The summed E-state index contributed by atoms with van der Waals surface area (Å²) in [7, 11) is 0. The lowest BCUT2D eigenvalue weighted by molar-refractivity contribution is -0.118. The van der Waals surface area contributed by atoms with Crippen LogP contribution in [-0.2, 0) is 9.59 Å². The predicted molar refractivity (Wildman–Crippen MR) is 105 cm³/mol. The summed E-state index contributed by atoms with van der Waals surface area (Å²) in [5, 5.41) is 5.73. The normalized spacial score (nSPS) is 14.2. The Balaban J connectivity index is 1.94. The van der Waals surface area contributed by atoms with Crippen molar-refractivity contribution in [3.05, 3.63) is 59.7 Å². The van der Waals surface area contributed by atoms with E-state index in [-0.39, 0.29) is 18.2 Å². The SMILES string of the molecule is CCN(C(=O)C1=NN(c2ccccc2)C(=O)CC1)c1cc(C)ccc1C. The number of hydrogen-bond donors (Lipinski definition) is 0. The average molecular weight is 349 g/mol. The molecule has 26 heavy (non-hydrogen) atoms. The monoisotopic (exact) mass is 349 g/mol. The third-order valence-corrected chi connectivity index (χ3v) is 4.50. The molecule has 0 saturated heterocycles. The molecule has 0 unspecified atom stereocenters. The molecule has 0 aromatic heterocycles. The van der Waals surface area contributed by atoms with Crippen molar-refractivity contribution in [2.75, 3.05) is 16.5 Å². The van der Waals surface area contributed by atoms with Crippen molar-refractivity contribution in [1.82, 2.24) is 0 Å². The number of carbonyl (C=O) groups excluding carboxylic acids is 2. The second kappa shape index (κ2) is 7.52. The summed E-state index contributed by atoms with van der Waals surface area (Å²) in [5.74, 6) is -0.239. The van der Waals surface area contributed by atoms with Gasteiger partial charge in [0.15, 0.2) is 0 Å². The first-order valence-corrected chi connectivity index (χ1v) is 8.86. The van der Waals surface area contributed by atoms with Crippen molar-refractivity contribution in [3.8, 4) is 0 Å². The van der Waals surface area contributed by atoms with Gasteiger partial charge >= 0.3 is 0 Å². The largest absolute Gasteiger partial charge is 0.307 e. The maximum atomic E-state index is 13.1. The predicted octanol–water partition coefficient (Wildman–Crippen LogP) is 3.84. The van der Waals surface area contributed by atoms with Crippen molar-refractivity contribution in [3.63, 3.8) is 0 Å². The third kappa shape index (κ3) is 3.52. The minimum atomic E-state index is -0.144. The van der Waals surface area contributed by atoms with Crippen LogP contribution in [0.2, 0.25) is 0 Å². The van der Waals surface area contributed by atoms with E-state index in [0.29, 0.717) is 24.4 Å². The lowest BCUT2D eigenvalue weighted by Gasteiger charge is -2.28. The first-order chi connectivity index (χ1) is 12.5. The Morgan fingerprint density at radius 2 is 1.85 bits per heavy atom. The maximum absolute atomic E-state index is 13.1. The second-order valence-corrected chi connectivity index (χ2v) is 6.43. The molecule has 2 aromatic carbocycles. The van der Waals surface area contributed by atoms with Crippen LogP contribution in [0.3, 0.4) is 0 Å². The topological polar surface area (TPSA) is 53.0 Å². The smallest absolute Gasteiger partial charge is 0.274 e. The Bertz CT molecular complexity index is 859. The fourth-order valence-corrected chi connectivity index (χ4v) is 3.07. The lowest BCUT2D eigenvalue weighted by atomic mass is 10.1. The van der Waals surface area contributed by atoms with E-state index in [1.165, 1.54) is 5.01 Å². The van der Waals surface area contributed by atoms with Crippen molar-refractivity contribution < 1.29 is 9.59 Å². The van der Waals surface area contributed by atoms with Crippen LogP contribution >= 0.6 is 0 Å². The molecule has 2 amide bonds. The van der Waals surface area contributed by atoms with E-state index in [2.05, 4.69) is 5.10 Å². The highest BCUT2D eigenvalue weighted by atomic mass is 16.2. The number of nitrogens with zero attached hydrogens (tertiary/aromatic N) is 3. The zero-order valence-electron chi connectivity index (χ0n) is 15.4. The van der Waals surface area contributed by atoms with Gasteiger partial charge < -0.3 is 4.90 Å². The number of carbonyl (C=O) groups is 2. The molecule has 134 valence electrons. The molecule has 1 aliphatic heterocycles. The molecule has 0 saturated carbocycles. The van der Waals surface area contributed by atoms with Gasteiger partial charge in [0.2, 0.25) is 5.91 Å². The Kier molecular flexibility index (Phi) is 5.16. The Hall–Kier alpha value is -2.95. The van der Waals surface area contributed by atoms with Crippen LogP contribution in [0.1, 0.15) is 30.9 Å². The molecule has 0 N–H and O–H groups in total. The van der Waals surface area contributed by atoms with Gasteiger partial charge in [-0.25, -0.2) is 5.01 Å². The van der Waals surface area contributed by atoms with Crippen LogP contribution in [0, 0.1) is 13.8 Å². The molecule has 0 spiro atoms. The Morgan fingerprint density at radius 3 is 2.54 bits per heavy atom. The molecule has 3 rings (SSSR count). The standard InChI is InChI=1S/C21H23N3O2/c1-4-23(19-14-15(2)10-11-16(19)3)21(26)18-12-13-20(25)24(22-18)17-8-6-5-7-9-17/h5-11,14H,4,12-13H2,1-3H3. The molecule has 5 nitrogen and oxygen atoms in total. The zero-order valence-corrected chi connectivity index (χ0v) is 15.4. The summed E-state index contributed by atoms with van der Waals surface area (Å²) in [6.07, 6.45) is 0.645. The maximum Gasteiger partial charge on any atom is 0.274 e. The molecule has 5 heteroatoms. The molecule has 0 atom stereocenters. The zero-order chi connectivity index (χ0) is 18.7. The van der Waals surface area contributed by atoms with Gasteiger partial charge in [-0.05, 0) is 50.1 Å². The van der Waals surface area contributed by atoms with Gasteiger partial charge in [-0.2, -0.15) is 5.10 Å². The fraction of sp³-hybridized carbons (Fsp3) is 0.286. The number of hydrazone groups is 1. The summed E-state index contributed by atoms with van der Waals surface area (Å²) in [5.41, 5.74) is 4.12. The molecule has 1 aliphatic rings. The fourth-order valence-electron chi connectivity index (χ4n) is 3.07. The second-order valence-electron chi connectivity index (χ2n) is 6.43. The van der Waals surface area contributed by atoms with Crippen molar-refractivity contribution in [1.29, 1.82) is 0 Å². The summed E-state index contributed by atoms with van der Waals surface area (Å²) < 4.78 is 0. The Labute approximate surface area is 153 Å². The molecule has 0 fully saturated rings. The van der Waals surface area contributed by atoms with Gasteiger partial charge in [0.05, 0.1) is 5.69 Å². The molecule has 0 bridgehead atoms. The quantitative estimate of drug-likeness (QED) is 0.842. The number of hydrogen-bond acceptors (Lipinski definition) is 3. The first kappa shape index (κ1) is 17.9. The lowest BCUT2D eigenvalue weighted by Crippen LogP contribution is -2.42. The minimum absolute atomic E-state index is 0.0949. The van der Waals surface area contributed by atoms with Gasteiger partial charge in [0.25, 0.3) is 5.91 Å². The number of anilines is 2. The molecular weight excluding hydrogens is 326 g/mol. The van der Waals surface area contributed by atoms with Crippen LogP contribution in [0.5, 0.6) is 0 Å². The van der Waals surface area contributed by atoms with E-state index in [9.17, 15) is 9.59 Å². The third-order valence-electron chi connectivity index (χ3n) is 4.50. The van der Waals surface area contributed by atoms with Gasteiger partial charge in [0, 0.05) is 25.1 Å². The highest BCUT2D eigenvalue weighted by molar-refractivity contribution is 6.44. The van der Waals surface area contributed by atoms with Crippen LogP contribution in [-0.4, -0.2) is 24.1 Å². The molecule has 0 radical (unpaired) electrons. The summed E-state index contributed by atoms with van der Waals surface area (Å²) >= 11 is 0. The van der Waals surface area contributed by atoms with Gasteiger partial charge in [-0.15, -0.1) is 0 Å². The Morgan fingerprint density at radius 1 is 1.12 bits per heavy atom. The first-order valence-electron chi connectivity index (χ1n) is 8.86. The number of rotatable bonds is 4. The number of para-hydroxylation sites is 1. The summed E-state index contributed by atoms with van der Waals surface area (Å²) in [4.78, 5) is 27.1. The highest BCUT2D eigenvalue weighted by Crippen LogP contribution is 2.24. The van der Waals surface area contributed by atoms with E-state index >= 15 is 0 Å². The number of benzene rings is 2. The van der Waals surface area contributed by atoms with Gasteiger partial charge in [-0.3, -0.25) is 9.59 Å². The van der Waals surface area contributed by atoms with Crippen molar-refractivity contribution in [2.24, 2.45) is 5.10 Å². The van der Waals surface area contributed by atoms with E-state index in [1.54, 1.807) is 4.90 Å². The van der Waals surface area contributed by atoms with Crippen LogP contribution in [0.25, 0.3) is 0 Å². The molecule has 0 aliphatic carbocycles. The number of aryl methyl sites for hydroxylation is 2. The van der Waals surface area contributed by atoms with E-state index in [4.69, 9.17) is 0 Å². The molecule has 1 heterocycles. The number of amides is 2. The van der Waals surface area contributed by atoms with E-state index < -0.39 is 0 Å². The van der Waals surface area contributed by atoms with E-state index in [0.717, 1.165) is 16.8 Å². The summed E-state index contributed by atoms with van der Waals surface area (Å²) in [6.45, 7) is 6.49. The van der Waals surface area contributed by atoms with Crippen molar-refractivity contribution >= 4 is 28.9 Å². The summed E-state index contributed by atoms with van der Waals surface area (Å²) in [6, 6.07) is 15.3. The van der Waals surface area contributed by atoms with Crippen LogP contribution in [0.15, 0.2) is 53.6 Å². The van der Waals surface area contributed by atoms with Crippen LogP contribution < -0.4 is 9.91 Å².